The summed E-state index contributed by atoms with van der Waals surface area (Å²) in [4.78, 5) is 23.6. The van der Waals surface area contributed by atoms with Crippen LogP contribution in [-0.2, 0) is 29.2 Å². The molecule has 0 saturated carbocycles. The number of hydrogen-bond donors (Lipinski definition) is 1. The van der Waals surface area contributed by atoms with Crippen molar-refractivity contribution in [2.24, 2.45) is 5.92 Å². The summed E-state index contributed by atoms with van der Waals surface area (Å²) < 4.78 is 41.8. The Bertz CT molecular complexity index is 514. The maximum absolute atomic E-state index is 11.9. The number of rotatable bonds is 16. The van der Waals surface area contributed by atoms with Crippen molar-refractivity contribution in [1.29, 1.82) is 0 Å². The van der Waals surface area contributed by atoms with Crippen LogP contribution in [0.4, 0.5) is 0 Å². The van der Waals surface area contributed by atoms with Crippen LogP contribution in [0.3, 0.4) is 0 Å². The first-order valence-corrected chi connectivity index (χ1v) is 11.5. The summed E-state index contributed by atoms with van der Waals surface area (Å²) in [5.41, 5.74) is 0. The summed E-state index contributed by atoms with van der Waals surface area (Å²) in [6.07, 6.45) is 8.59. The minimum atomic E-state index is -4.74. The zero-order valence-corrected chi connectivity index (χ0v) is 17.8. The van der Waals surface area contributed by atoms with Crippen molar-refractivity contribution in [2.45, 2.75) is 90.2 Å². The van der Waals surface area contributed by atoms with E-state index in [0.717, 1.165) is 19.3 Å². The highest BCUT2D eigenvalue weighted by Crippen LogP contribution is 2.11. The van der Waals surface area contributed by atoms with E-state index in [4.69, 9.17) is 9.47 Å². The fraction of sp³-hybridized carbons (Fsp3) is 0.895. The van der Waals surface area contributed by atoms with E-state index >= 15 is 0 Å². The van der Waals surface area contributed by atoms with E-state index in [0.29, 0.717) is 12.8 Å². The molecule has 0 aromatic carbocycles. The van der Waals surface area contributed by atoms with Crippen molar-refractivity contribution in [3.8, 4) is 0 Å². The van der Waals surface area contributed by atoms with Gasteiger partial charge in [0.15, 0.2) is 5.25 Å². The number of carbonyl (C=O) groups excluding carboxylic acids is 2. The zero-order chi connectivity index (χ0) is 20.7. The van der Waals surface area contributed by atoms with Crippen LogP contribution in [0.2, 0.25) is 0 Å². The van der Waals surface area contributed by atoms with Gasteiger partial charge in [-0.1, -0.05) is 65.7 Å². The first-order valence-electron chi connectivity index (χ1n) is 9.97. The molecule has 0 amide bonds. The quantitative estimate of drug-likeness (QED) is 0.234. The molecule has 0 aliphatic carbocycles. The minimum absolute atomic E-state index is 0.0375. The molecule has 0 aromatic rings. The lowest BCUT2D eigenvalue weighted by atomic mass is 10.1. The van der Waals surface area contributed by atoms with Crippen LogP contribution in [0.15, 0.2) is 0 Å². The van der Waals surface area contributed by atoms with Crippen LogP contribution in [0.5, 0.6) is 0 Å². The fourth-order valence-corrected chi connectivity index (χ4v) is 3.09. The van der Waals surface area contributed by atoms with Gasteiger partial charge >= 0.3 is 11.9 Å². The largest absolute Gasteiger partial charge is 0.466 e. The Morgan fingerprint density at radius 3 is 1.96 bits per heavy atom. The Morgan fingerprint density at radius 2 is 1.44 bits per heavy atom. The molecular weight excluding hydrogens is 372 g/mol. The number of ether oxygens (including phenoxy) is 2. The van der Waals surface area contributed by atoms with E-state index in [1.165, 1.54) is 25.7 Å². The first-order chi connectivity index (χ1) is 12.7. The topological polar surface area (TPSA) is 107 Å². The van der Waals surface area contributed by atoms with Gasteiger partial charge in [0.25, 0.3) is 10.1 Å². The van der Waals surface area contributed by atoms with Crippen LogP contribution in [0.25, 0.3) is 0 Å². The number of esters is 2. The van der Waals surface area contributed by atoms with Crippen molar-refractivity contribution in [1.82, 2.24) is 0 Å². The van der Waals surface area contributed by atoms with Crippen LogP contribution < -0.4 is 0 Å². The molecule has 8 heteroatoms. The Hall–Kier alpha value is -1.15. The third-order valence-corrected chi connectivity index (χ3v) is 5.25. The van der Waals surface area contributed by atoms with Gasteiger partial charge in [0, 0.05) is 0 Å². The highest BCUT2D eigenvalue weighted by atomic mass is 32.2. The summed E-state index contributed by atoms with van der Waals surface area (Å²) in [5.74, 6) is -1.68. The number of carbonyl (C=O) groups is 2. The molecule has 27 heavy (non-hydrogen) atoms. The highest BCUT2D eigenvalue weighted by molar-refractivity contribution is 7.87. The van der Waals surface area contributed by atoms with Gasteiger partial charge in [0.05, 0.1) is 19.6 Å². The summed E-state index contributed by atoms with van der Waals surface area (Å²) >= 11 is 0. The molecule has 1 atom stereocenters. The van der Waals surface area contributed by atoms with Gasteiger partial charge in [0.2, 0.25) is 0 Å². The van der Waals surface area contributed by atoms with Gasteiger partial charge in [-0.15, -0.1) is 0 Å². The summed E-state index contributed by atoms with van der Waals surface area (Å²) in [6, 6.07) is 0. The molecule has 1 N–H and O–H groups in total. The molecule has 0 rings (SSSR count). The van der Waals surface area contributed by atoms with Gasteiger partial charge in [-0.05, 0) is 18.8 Å². The Kier molecular flexibility index (Phi) is 14.2. The van der Waals surface area contributed by atoms with E-state index in [9.17, 15) is 22.6 Å². The maximum Gasteiger partial charge on any atom is 0.327 e. The van der Waals surface area contributed by atoms with Gasteiger partial charge in [-0.25, -0.2) is 0 Å². The molecule has 0 fully saturated rings. The monoisotopic (exact) mass is 408 g/mol. The smallest absolute Gasteiger partial charge is 0.327 e. The molecule has 0 spiro atoms. The maximum atomic E-state index is 11.9. The Morgan fingerprint density at radius 1 is 0.889 bits per heavy atom. The molecule has 7 nitrogen and oxygen atoms in total. The lowest BCUT2D eigenvalue weighted by Crippen LogP contribution is -2.34. The molecule has 0 heterocycles. The average Bonchev–Trinajstić information content (AvgIpc) is 2.56. The SMILES string of the molecule is CCCCCCCCCCOC(=O)CC(C(=O)OCCC(C)C)S(=O)(=O)O. The van der Waals surface area contributed by atoms with E-state index in [1.54, 1.807) is 0 Å². The van der Waals surface area contributed by atoms with E-state index < -0.39 is 33.7 Å². The van der Waals surface area contributed by atoms with E-state index in [2.05, 4.69) is 6.92 Å². The van der Waals surface area contributed by atoms with Crippen molar-refractivity contribution in [3.63, 3.8) is 0 Å². The molecule has 1 unspecified atom stereocenters. The van der Waals surface area contributed by atoms with Crippen molar-refractivity contribution in [3.05, 3.63) is 0 Å². The lowest BCUT2D eigenvalue weighted by Gasteiger charge is -2.13. The second-order valence-electron chi connectivity index (χ2n) is 7.25. The average molecular weight is 409 g/mol. The van der Waals surface area contributed by atoms with Crippen LogP contribution in [0, 0.1) is 5.92 Å². The van der Waals surface area contributed by atoms with Gasteiger partial charge in [-0.2, -0.15) is 8.42 Å². The fourth-order valence-electron chi connectivity index (χ4n) is 2.43. The van der Waals surface area contributed by atoms with Gasteiger partial charge in [-0.3, -0.25) is 14.1 Å². The van der Waals surface area contributed by atoms with Crippen molar-refractivity contribution >= 4 is 22.1 Å². The summed E-state index contributed by atoms with van der Waals surface area (Å²) in [7, 11) is -4.74. The molecule has 0 saturated heterocycles. The van der Waals surface area contributed by atoms with Crippen LogP contribution in [0.1, 0.15) is 85.0 Å². The molecule has 0 bridgehead atoms. The third-order valence-electron chi connectivity index (χ3n) is 4.17. The van der Waals surface area contributed by atoms with E-state index in [1.807, 2.05) is 13.8 Å². The van der Waals surface area contributed by atoms with Gasteiger partial charge in [0.1, 0.15) is 0 Å². The predicted octanol–water partition coefficient (Wildman–Crippen LogP) is 3.91. The lowest BCUT2D eigenvalue weighted by molar-refractivity contribution is -0.150. The second-order valence-corrected chi connectivity index (χ2v) is 8.85. The summed E-state index contributed by atoms with van der Waals surface area (Å²) in [5, 5.41) is -1.93. The highest BCUT2D eigenvalue weighted by Gasteiger charge is 2.35. The van der Waals surface area contributed by atoms with Crippen molar-refractivity contribution < 1.29 is 32.0 Å². The zero-order valence-electron chi connectivity index (χ0n) is 16.9. The molecule has 0 aromatic heterocycles. The Labute approximate surface area is 163 Å². The molecule has 0 aliphatic heterocycles. The summed E-state index contributed by atoms with van der Waals surface area (Å²) in [6.45, 7) is 6.24. The Balaban J connectivity index is 4.11. The predicted molar refractivity (Wildman–Crippen MR) is 104 cm³/mol. The minimum Gasteiger partial charge on any atom is -0.466 e. The molecular formula is C19H36O7S. The van der Waals surface area contributed by atoms with Gasteiger partial charge < -0.3 is 9.47 Å². The molecule has 0 radical (unpaired) electrons. The second kappa shape index (κ2) is 14.9. The number of unbranched alkanes of at least 4 members (excludes halogenated alkanes) is 7. The molecule has 160 valence electrons. The van der Waals surface area contributed by atoms with Crippen molar-refractivity contribution in [2.75, 3.05) is 13.2 Å². The van der Waals surface area contributed by atoms with Crippen LogP contribution in [-0.4, -0.2) is 43.4 Å². The number of hydrogen-bond acceptors (Lipinski definition) is 6. The van der Waals surface area contributed by atoms with Crippen LogP contribution >= 0.6 is 0 Å². The van der Waals surface area contributed by atoms with E-state index in [-0.39, 0.29) is 19.1 Å². The normalized spacial score (nSPS) is 12.8. The third kappa shape index (κ3) is 14.6. The first kappa shape index (κ1) is 25.9. The standard InChI is InChI=1S/C19H36O7S/c1-4-5-6-7-8-9-10-11-13-25-18(20)15-17(27(22,23)24)19(21)26-14-12-16(2)3/h16-17H,4-15H2,1-3H3,(H,22,23,24). The molecule has 0 aliphatic rings.